The third-order valence-corrected chi connectivity index (χ3v) is 3.52. The van der Waals surface area contributed by atoms with E-state index in [2.05, 4.69) is 51.2 Å². The van der Waals surface area contributed by atoms with Crippen LogP contribution in [0.15, 0.2) is 43.0 Å². The number of aryl methyl sites for hydroxylation is 1. The monoisotopic (exact) mass is 282 g/mol. The zero-order chi connectivity index (χ0) is 14.7. The largest absolute Gasteiger partial charge is 0.382 e. The average Bonchev–Trinajstić information content (AvgIpc) is 2.93. The molecule has 0 fully saturated rings. The van der Waals surface area contributed by atoms with Crippen LogP contribution in [0, 0.1) is 0 Å². The van der Waals surface area contributed by atoms with Gasteiger partial charge in [-0.3, -0.25) is 0 Å². The van der Waals surface area contributed by atoms with Gasteiger partial charge in [0.25, 0.3) is 0 Å². The van der Waals surface area contributed by atoms with Crippen LogP contribution in [0.3, 0.4) is 0 Å². The molecule has 0 spiro atoms. The number of benzene rings is 1. The highest BCUT2D eigenvalue weighted by molar-refractivity contribution is 5.81. The molecule has 2 N–H and O–H groups in total. The summed E-state index contributed by atoms with van der Waals surface area (Å²) in [5.74, 6) is 0.431. The van der Waals surface area contributed by atoms with Crippen LogP contribution in [0.1, 0.15) is 6.42 Å². The number of para-hydroxylation sites is 1. The molecule has 6 heteroatoms. The van der Waals surface area contributed by atoms with Crippen molar-refractivity contribution in [2.45, 2.75) is 13.0 Å². The second-order valence-corrected chi connectivity index (χ2v) is 4.98. The first-order chi connectivity index (χ1) is 10.3. The first kappa shape index (κ1) is 13.4. The number of imidazole rings is 1. The van der Waals surface area contributed by atoms with Crippen molar-refractivity contribution in [1.82, 2.24) is 19.5 Å². The summed E-state index contributed by atoms with van der Waals surface area (Å²) >= 11 is 0. The molecular formula is C15H18N6. The minimum absolute atomic E-state index is 0.431. The summed E-state index contributed by atoms with van der Waals surface area (Å²) in [7, 11) is 2.10. The molecule has 3 aromatic rings. The van der Waals surface area contributed by atoms with Crippen LogP contribution in [0.5, 0.6) is 0 Å². The molecule has 0 aliphatic rings. The Morgan fingerprint density at radius 1 is 1.14 bits per heavy atom. The second-order valence-electron chi connectivity index (χ2n) is 4.98. The van der Waals surface area contributed by atoms with Crippen LogP contribution < -0.4 is 10.6 Å². The maximum absolute atomic E-state index is 5.79. The molecular weight excluding hydrogens is 264 g/mol. The summed E-state index contributed by atoms with van der Waals surface area (Å²) in [5, 5.41) is 0. The molecule has 2 heterocycles. The van der Waals surface area contributed by atoms with Crippen molar-refractivity contribution < 1.29 is 0 Å². The summed E-state index contributed by atoms with van der Waals surface area (Å²) in [6, 6.07) is 10.4. The molecule has 0 aliphatic heterocycles. The lowest BCUT2D eigenvalue weighted by Crippen LogP contribution is -2.19. The Balaban J connectivity index is 1.64. The van der Waals surface area contributed by atoms with Gasteiger partial charge in [-0.05, 0) is 18.6 Å². The number of anilines is 2. The van der Waals surface area contributed by atoms with Gasteiger partial charge in [-0.15, -0.1) is 0 Å². The third-order valence-electron chi connectivity index (χ3n) is 3.52. The van der Waals surface area contributed by atoms with E-state index in [1.54, 1.807) is 6.33 Å². The molecule has 108 valence electrons. The molecule has 6 nitrogen and oxygen atoms in total. The molecule has 0 saturated heterocycles. The molecule has 0 radical (unpaired) electrons. The SMILES string of the molecule is CN(CCCn1cnc2c(N)ncnc21)c1ccccc1. The molecule has 0 unspecified atom stereocenters. The Bertz CT molecular complexity index is 721. The van der Waals surface area contributed by atoms with E-state index in [-0.39, 0.29) is 0 Å². The molecule has 0 amide bonds. The van der Waals surface area contributed by atoms with Gasteiger partial charge < -0.3 is 15.2 Å². The molecule has 2 aromatic heterocycles. The normalized spacial score (nSPS) is 10.9. The number of hydrogen-bond donors (Lipinski definition) is 1. The first-order valence-electron chi connectivity index (χ1n) is 6.93. The van der Waals surface area contributed by atoms with Crippen LogP contribution >= 0.6 is 0 Å². The lowest BCUT2D eigenvalue weighted by molar-refractivity contribution is 0.647. The van der Waals surface area contributed by atoms with Gasteiger partial charge in [-0.25, -0.2) is 15.0 Å². The predicted molar refractivity (Wildman–Crippen MR) is 84.1 cm³/mol. The van der Waals surface area contributed by atoms with Gasteiger partial charge in [0.2, 0.25) is 0 Å². The summed E-state index contributed by atoms with van der Waals surface area (Å²) in [5.41, 5.74) is 8.48. The van der Waals surface area contributed by atoms with E-state index >= 15 is 0 Å². The fraction of sp³-hybridized carbons (Fsp3) is 0.267. The fourth-order valence-corrected chi connectivity index (χ4v) is 2.35. The lowest BCUT2D eigenvalue weighted by Gasteiger charge is -2.19. The van der Waals surface area contributed by atoms with Crippen LogP contribution in [0.2, 0.25) is 0 Å². The Labute approximate surface area is 123 Å². The average molecular weight is 282 g/mol. The van der Waals surface area contributed by atoms with Crippen molar-refractivity contribution in [2.24, 2.45) is 0 Å². The summed E-state index contributed by atoms with van der Waals surface area (Å²) in [6.45, 7) is 1.81. The van der Waals surface area contributed by atoms with Crippen molar-refractivity contribution >= 4 is 22.7 Å². The number of fused-ring (bicyclic) bond motifs is 1. The maximum Gasteiger partial charge on any atom is 0.165 e. The van der Waals surface area contributed by atoms with E-state index in [0.29, 0.717) is 11.3 Å². The standard InChI is InChI=1S/C15H18N6/c1-20(12-6-3-2-4-7-12)8-5-9-21-11-19-13-14(16)17-10-18-15(13)21/h2-4,6-7,10-11H,5,8-9H2,1H3,(H2,16,17,18). The highest BCUT2D eigenvalue weighted by atomic mass is 15.1. The molecule has 3 rings (SSSR count). The van der Waals surface area contributed by atoms with Crippen molar-refractivity contribution in [2.75, 3.05) is 24.2 Å². The van der Waals surface area contributed by atoms with E-state index in [1.807, 2.05) is 10.6 Å². The fourth-order valence-electron chi connectivity index (χ4n) is 2.35. The molecule has 1 aromatic carbocycles. The van der Waals surface area contributed by atoms with E-state index < -0.39 is 0 Å². The van der Waals surface area contributed by atoms with Crippen LogP contribution in [-0.2, 0) is 6.54 Å². The zero-order valence-corrected chi connectivity index (χ0v) is 12.0. The molecule has 0 atom stereocenters. The van der Waals surface area contributed by atoms with Gasteiger partial charge in [-0.1, -0.05) is 18.2 Å². The Morgan fingerprint density at radius 2 is 1.95 bits per heavy atom. The summed E-state index contributed by atoms with van der Waals surface area (Å²) < 4.78 is 2.02. The highest BCUT2D eigenvalue weighted by Crippen LogP contribution is 2.15. The molecule has 21 heavy (non-hydrogen) atoms. The number of rotatable bonds is 5. The second kappa shape index (κ2) is 5.78. The Morgan fingerprint density at radius 3 is 2.76 bits per heavy atom. The number of nitrogens with two attached hydrogens (primary N) is 1. The van der Waals surface area contributed by atoms with E-state index in [4.69, 9.17) is 5.73 Å². The van der Waals surface area contributed by atoms with Gasteiger partial charge >= 0.3 is 0 Å². The highest BCUT2D eigenvalue weighted by Gasteiger charge is 2.07. The number of aromatic nitrogens is 4. The smallest absolute Gasteiger partial charge is 0.165 e. The summed E-state index contributed by atoms with van der Waals surface area (Å²) in [4.78, 5) is 14.7. The minimum Gasteiger partial charge on any atom is -0.382 e. The predicted octanol–water partition coefficient (Wildman–Crippen LogP) is 1.93. The maximum atomic E-state index is 5.79. The van der Waals surface area contributed by atoms with Crippen LogP contribution in [0.25, 0.3) is 11.2 Å². The Kier molecular flexibility index (Phi) is 3.68. The van der Waals surface area contributed by atoms with E-state index in [1.165, 1.54) is 12.0 Å². The van der Waals surface area contributed by atoms with Crippen molar-refractivity contribution in [1.29, 1.82) is 0 Å². The van der Waals surface area contributed by atoms with Gasteiger partial charge in [0.05, 0.1) is 6.33 Å². The Hall–Kier alpha value is -2.63. The van der Waals surface area contributed by atoms with Crippen molar-refractivity contribution in [3.63, 3.8) is 0 Å². The van der Waals surface area contributed by atoms with Crippen LogP contribution in [0.4, 0.5) is 11.5 Å². The van der Waals surface area contributed by atoms with Gasteiger partial charge in [0, 0.05) is 25.8 Å². The van der Waals surface area contributed by atoms with Gasteiger partial charge in [-0.2, -0.15) is 0 Å². The van der Waals surface area contributed by atoms with Crippen molar-refractivity contribution in [3.8, 4) is 0 Å². The van der Waals surface area contributed by atoms with Gasteiger partial charge in [0.15, 0.2) is 11.5 Å². The molecule has 0 aliphatic carbocycles. The van der Waals surface area contributed by atoms with E-state index in [9.17, 15) is 0 Å². The van der Waals surface area contributed by atoms with Crippen molar-refractivity contribution in [3.05, 3.63) is 43.0 Å². The number of nitrogen functional groups attached to an aromatic ring is 1. The number of nitrogens with zero attached hydrogens (tertiary/aromatic N) is 5. The zero-order valence-electron chi connectivity index (χ0n) is 12.0. The minimum atomic E-state index is 0.431. The van der Waals surface area contributed by atoms with Gasteiger partial charge in [0.1, 0.15) is 11.8 Å². The molecule has 0 bridgehead atoms. The third kappa shape index (κ3) is 2.79. The lowest BCUT2D eigenvalue weighted by atomic mass is 10.3. The summed E-state index contributed by atoms with van der Waals surface area (Å²) in [6.07, 6.45) is 4.25. The van der Waals surface area contributed by atoms with E-state index in [0.717, 1.165) is 25.2 Å². The topological polar surface area (TPSA) is 72.9 Å². The molecule has 0 saturated carbocycles. The quantitative estimate of drug-likeness (QED) is 0.774. The van der Waals surface area contributed by atoms with Crippen LogP contribution in [-0.4, -0.2) is 33.1 Å². The number of hydrogen-bond acceptors (Lipinski definition) is 5. The first-order valence-corrected chi connectivity index (χ1v) is 6.93.